The van der Waals surface area contributed by atoms with E-state index in [1.807, 2.05) is 55.5 Å². The van der Waals surface area contributed by atoms with Crippen molar-refractivity contribution in [3.8, 4) is 11.5 Å². The molecule has 6 heteroatoms. The third-order valence-corrected chi connectivity index (χ3v) is 5.51. The summed E-state index contributed by atoms with van der Waals surface area (Å²) in [7, 11) is 1.61. The number of nitrogens with zero attached hydrogens (tertiary/aromatic N) is 1. The van der Waals surface area contributed by atoms with Crippen molar-refractivity contribution in [1.29, 1.82) is 0 Å². The zero-order valence-corrected chi connectivity index (χ0v) is 18.0. The van der Waals surface area contributed by atoms with Gasteiger partial charge in [0.2, 0.25) is 0 Å². The zero-order chi connectivity index (χ0) is 20.3. The minimum absolute atomic E-state index is 0.108. The SMILES string of the molecule is COc1cc(/C=C2\SC(=S)N(c3ccccc3C)C2=O)ccc1OCC(C)C. The maximum absolute atomic E-state index is 13.0. The lowest BCUT2D eigenvalue weighted by Crippen LogP contribution is -2.28. The number of ether oxygens (including phenoxy) is 2. The summed E-state index contributed by atoms with van der Waals surface area (Å²) in [6.07, 6.45) is 1.84. The van der Waals surface area contributed by atoms with Crippen molar-refractivity contribution in [3.63, 3.8) is 0 Å². The maximum Gasteiger partial charge on any atom is 0.270 e. The Balaban J connectivity index is 1.87. The first kappa shape index (κ1) is 20.4. The molecule has 1 aliphatic heterocycles. The smallest absolute Gasteiger partial charge is 0.270 e. The standard InChI is InChI=1S/C22H23NO3S2/c1-14(2)13-26-18-10-9-16(11-19(18)25-4)12-20-21(24)23(22(27)28-20)17-8-6-5-7-15(17)3/h5-12,14H,13H2,1-4H3/b20-12-. The molecule has 2 aromatic carbocycles. The first-order chi connectivity index (χ1) is 13.4. The van der Waals surface area contributed by atoms with Gasteiger partial charge in [0.1, 0.15) is 0 Å². The van der Waals surface area contributed by atoms with Crippen molar-refractivity contribution in [2.75, 3.05) is 18.6 Å². The summed E-state index contributed by atoms with van der Waals surface area (Å²) in [4.78, 5) is 15.1. The van der Waals surface area contributed by atoms with Crippen molar-refractivity contribution in [2.45, 2.75) is 20.8 Å². The van der Waals surface area contributed by atoms with E-state index < -0.39 is 0 Å². The van der Waals surface area contributed by atoms with Crippen LogP contribution >= 0.6 is 24.0 Å². The summed E-state index contributed by atoms with van der Waals surface area (Å²) < 4.78 is 11.8. The molecule has 0 radical (unpaired) electrons. The highest BCUT2D eigenvalue weighted by atomic mass is 32.2. The molecule has 4 nitrogen and oxygen atoms in total. The van der Waals surface area contributed by atoms with E-state index in [1.165, 1.54) is 11.8 Å². The van der Waals surface area contributed by atoms with Crippen molar-refractivity contribution in [1.82, 2.24) is 0 Å². The monoisotopic (exact) mass is 413 g/mol. The fraction of sp³-hybridized carbons (Fsp3) is 0.273. The molecule has 28 heavy (non-hydrogen) atoms. The molecule has 0 saturated carbocycles. The Hall–Kier alpha value is -2.31. The van der Waals surface area contributed by atoms with Crippen molar-refractivity contribution >= 4 is 46.0 Å². The van der Waals surface area contributed by atoms with Crippen molar-refractivity contribution < 1.29 is 14.3 Å². The average Bonchev–Trinajstić information content (AvgIpc) is 2.94. The lowest BCUT2D eigenvalue weighted by atomic mass is 10.1. The van der Waals surface area contributed by atoms with Gasteiger partial charge < -0.3 is 9.47 Å². The van der Waals surface area contributed by atoms with E-state index in [0.29, 0.717) is 33.2 Å². The van der Waals surface area contributed by atoms with Crippen LogP contribution in [-0.2, 0) is 4.79 Å². The minimum Gasteiger partial charge on any atom is -0.493 e. The van der Waals surface area contributed by atoms with Gasteiger partial charge in [-0.25, -0.2) is 0 Å². The minimum atomic E-state index is -0.108. The molecule has 0 bridgehead atoms. The normalized spacial score (nSPS) is 15.6. The van der Waals surface area contributed by atoms with E-state index in [9.17, 15) is 4.79 Å². The molecule has 1 fully saturated rings. The van der Waals surface area contributed by atoms with E-state index >= 15 is 0 Å². The van der Waals surface area contributed by atoms with Crippen LogP contribution in [-0.4, -0.2) is 23.9 Å². The molecule has 1 saturated heterocycles. The van der Waals surface area contributed by atoms with E-state index in [2.05, 4.69) is 13.8 Å². The molecule has 0 aromatic heterocycles. The van der Waals surface area contributed by atoms with Crippen LogP contribution in [0.1, 0.15) is 25.0 Å². The van der Waals surface area contributed by atoms with E-state index in [0.717, 1.165) is 16.8 Å². The van der Waals surface area contributed by atoms with Crippen molar-refractivity contribution in [3.05, 3.63) is 58.5 Å². The summed E-state index contributed by atoms with van der Waals surface area (Å²) in [5.41, 5.74) is 2.69. The number of thioether (sulfide) groups is 1. The second-order valence-electron chi connectivity index (χ2n) is 6.92. The Morgan fingerprint density at radius 3 is 2.61 bits per heavy atom. The molecule has 1 aliphatic rings. The summed E-state index contributed by atoms with van der Waals surface area (Å²) >= 11 is 6.77. The third-order valence-electron chi connectivity index (χ3n) is 4.21. The second-order valence-corrected chi connectivity index (χ2v) is 8.59. The van der Waals surface area contributed by atoms with Gasteiger partial charge in [0.05, 0.1) is 24.3 Å². The molecule has 3 rings (SSSR count). The van der Waals surface area contributed by atoms with Gasteiger partial charge in [-0.05, 0) is 48.2 Å². The van der Waals surface area contributed by atoms with Crippen LogP contribution in [0.25, 0.3) is 6.08 Å². The molecule has 0 N–H and O–H groups in total. The number of para-hydroxylation sites is 1. The first-order valence-corrected chi connectivity index (χ1v) is 10.3. The van der Waals surface area contributed by atoms with Crippen LogP contribution in [0.3, 0.4) is 0 Å². The van der Waals surface area contributed by atoms with Gasteiger partial charge >= 0.3 is 0 Å². The third kappa shape index (κ3) is 4.39. The van der Waals surface area contributed by atoms with Crippen LogP contribution < -0.4 is 14.4 Å². The van der Waals surface area contributed by atoms with Crippen LogP contribution in [0.15, 0.2) is 47.4 Å². The number of amides is 1. The lowest BCUT2D eigenvalue weighted by Gasteiger charge is -2.16. The second kappa shape index (κ2) is 8.80. The highest BCUT2D eigenvalue weighted by molar-refractivity contribution is 8.27. The lowest BCUT2D eigenvalue weighted by molar-refractivity contribution is -0.113. The first-order valence-electron chi connectivity index (χ1n) is 9.05. The van der Waals surface area contributed by atoms with Crippen LogP contribution in [0.2, 0.25) is 0 Å². The maximum atomic E-state index is 13.0. The van der Waals surface area contributed by atoms with Gasteiger partial charge in [0.25, 0.3) is 5.91 Å². The molecule has 146 valence electrons. The highest BCUT2D eigenvalue weighted by Crippen LogP contribution is 2.38. The largest absolute Gasteiger partial charge is 0.493 e. The molecule has 0 unspecified atom stereocenters. The zero-order valence-electron chi connectivity index (χ0n) is 16.4. The van der Waals surface area contributed by atoms with Gasteiger partial charge in [0.15, 0.2) is 15.8 Å². The Labute approximate surface area is 175 Å². The van der Waals surface area contributed by atoms with E-state index in [-0.39, 0.29) is 5.91 Å². The summed E-state index contributed by atoms with van der Waals surface area (Å²) in [5.74, 6) is 1.65. The summed E-state index contributed by atoms with van der Waals surface area (Å²) in [6, 6.07) is 13.4. The number of thiocarbonyl (C=S) groups is 1. The molecule has 0 aliphatic carbocycles. The Morgan fingerprint density at radius 1 is 1.18 bits per heavy atom. The fourth-order valence-corrected chi connectivity index (χ4v) is 4.08. The Morgan fingerprint density at radius 2 is 1.93 bits per heavy atom. The number of aryl methyl sites for hydroxylation is 1. The number of rotatable bonds is 6. The number of carbonyl (C=O) groups excluding carboxylic acids is 1. The average molecular weight is 414 g/mol. The molecule has 2 aromatic rings. The number of methoxy groups -OCH3 is 1. The fourth-order valence-electron chi connectivity index (χ4n) is 2.79. The van der Waals surface area contributed by atoms with Gasteiger partial charge in [-0.2, -0.15) is 0 Å². The van der Waals surface area contributed by atoms with Gasteiger partial charge in [0, 0.05) is 0 Å². The molecular weight excluding hydrogens is 390 g/mol. The summed E-state index contributed by atoms with van der Waals surface area (Å²) in [5, 5.41) is 0. The summed E-state index contributed by atoms with van der Waals surface area (Å²) in [6.45, 7) is 6.78. The number of anilines is 1. The molecule has 1 heterocycles. The number of carbonyl (C=O) groups is 1. The van der Waals surface area contributed by atoms with Crippen LogP contribution in [0.5, 0.6) is 11.5 Å². The highest BCUT2D eigenvalue weighted by Gasteiger charge is 2.33. The molecular formula is C22H23NO3S2. The van der Waals surface area contributed by atoms with Gasteiger partial charge in [-0.1, -0.05) is 62.1 Å². The molecule has 0 atom stereocenters. The van der Waals surface area contributed by atoms with Gasteiger partial charge in [-0.3, -0.25) is 9.69 Å². The topological polar surface area (TPSA) is 38.8 Å². The van der Waals surface area contributed by atoms with Gasteiger partial charge in [-0.15, -0.1) is 0 Å². The van der Waals surface area contributed by atoms with E-state index in [1.54, 1.807) is 12.0 Å². The Bertz CT molecular complexity index is 937. The number of hydrogen-bond acceptors (Lipinski definition) is 5. The van der Waals surface area contributed by atoms with Crippen molar-refractivity contribution in [2.24, 2.45) is 5.92 Å². The predicted molar refractivity (Wildman–Crippen MR) is 120 cm³/mol. The van der Waals surface area contributed by atoms with Crippen LogP contribution in [0, 0.1) is 12.8 Å². The molecule has 1 amide bonds. The van der Waals surface area contributed by atoms with Crippen LogP contribution in [0.4, 0.5) is 5.69 Å². The predicted octanol–water partition coefficient (Wildman–Crippen LogP) is 5.44. The quantitative estimate of drug-likeness (QED) is 0.465. The Kier molecular flexibility index (Phi) is 6.42. The van der Waals surface area contributed by atoms with E-state index in [4.69, 9.17) is 21.7 Å². The molecule has 0 spiro atoms. The number of benzene rings is 2. The number of hydrogen-bond donors (Lipinski definition) is 0.